The Morgan fingerprint density at radius 3 is 2.52 bits per heavy atom. The van der Waals surface area contributed by atoms with Crippen LogP contribution in [0.2, 0.25) is 0 Å². The molecule has 3 aliphatic rings. The Bertz CT molecular complexity index is 1760. The van der Waals surface area contributed by atoms with Gasteiger partial charge in [0.05, 0.1) is 62.9 Å². The van der Waals surface area contributed by atoms with Crippen LogP contribution in [-0.4, -0.2) is 96.2 Å². The molecule has 4 heterocycles. The number of hydrogen-bond donors (Lipinski definition) is 1. The minimum Gasteiger partial charge on any atom is -0.487 e. The minimum atomic E-state index is -0.836. The smallest absolute Gasteiger partial charge is 0.420 e. The minimum absolute atomic E-state index is 0.0389. The molecule has 0 unspecified atom stereocenters. The average molecular weight is 660 g/mol. The van der Waals surface area contributed by atoms with Gasteiger partial charge in [0, 0.05) is 26.1 Å². The molecule has 0 spiro atoms. The molecule has 0 bridgehead atoms. The predicted octanol–water partition coefficient (Wildman–Crippen LogP) is 3.41. The van der Waals surface area contributed by atoms with Crippen LogP contribution < -0.4 is 11.1 Å². The molecule has 0 saturated carbocycles. The maximum absolute atomic E-state index is 13.1. The number of fused-ring (bicyclic) bond motifs is 1. The topological polar surface area (TPSA) is 148 Å². The lowest BCUT2D eigenvalue weighted by Gasteiger charge is -2.44. The zero-order valence-electron chi connectivity index (χ0n) is 27.5. The number of oxazole rings is 1. The van der Waals surface area contributed by atoms with Crippen molar-refractivity contribution in [3.05, 3.63) is 70.5 Å². The number of rotatable bonds is 8. The first-order valence-electron chi connectivity index (χ1n) is 16.3. The monoisotopic (exact) mass is 659 g/mol. The Kier molecular flexibility index (Phi) is 9.86. The molecule has 254 valence electrons. The summed E-state index contributed by atoms with van der Waals surface area (Å²) in [6.45, 7) is 9.75. The zero-order chi connectivity index (χ0) is 33.8. The second-order valence-corrected chi connectivity index (χ2v) is 13.2. The van der Waals surface area contributed by atoms with Crippen LogP contribution in [0.5, 0.6) is 0 Å². The van der Waals surface area contributed by atoms with Crippen LogP contribution in [-0.2, 0) is 36.7 Å². The summed E-state index contributed by atoms with van der Waals surface area (Å²) >= 11 is 0. The molecule has 0 aliphatic carbocycles. The van der Waals surface area contributed by atoms with Crippen LogP contribution in [0.25, 0.3) is 22.2 Å². The fraction of sp³-hybridized carbons (Fsp3) is 0.486. The summed E-state index contributed by atoms with van der Waals surface area (Å²) in [5.41, 5.74) is 3.22. The summed E-state index contributed by atoms with van der Waals surface area (Å²) in [5, 5.41) is 12.5. The quantitative estimate of drug-likeness (QED) is 0.382. The number of amides is 2. The maximum atomic E-state index is 13.1. The molecule has 1 aromatic heterocycles. The number of carbonyl (C=O) groups excluding carboxylic acids is 2. The van der Waals surface area contributed by atoms with E-state index in [-0.39, 0.29) is 24.8 Å². The van der Waals surface area contributed by atoms with Crippen LogP contribution in [0.15, 0.2) is 63.6 Å². The number of ether oxygens (including phenoxy) is 4. The summed E-state index contributed by atoms with van der Waals surface area (Å²) in [5.74, 6) is -1.04. The van der Waals surface area contributed by atoms with Gasteiger partial charge in [0.15, 0.2) is 5.58 Å². The highest BCUT2D eigenvalue weighted by Gasteiger charge is 2.34. The van der Waals surface area contributed by atoms with Crippen LogP contribution >= 0.6 is 0 Å². The molecule has 2 saturated heterocycles. The highest BCUT2D eigenvalue weighted by atomic mass is 16.6. The molecule has 2 fully saturated rings. The molecule has 3 aliphatic heterocycles. The second kappa shape index (κ2) is 14.2. The second-order valence-electron chi connectivity index (χ2n) is 13.2. The Morgan fingerprint density at radius 1 is 1.04 bits per heavy atom. The Balaban J connectivity index is 1.12. The number of benzene rings is 2. The molecule has 13 nitrogen and oxygen atoms in total. The lowest BCUT2D eigenvalue weighted by atomic mass is 10.0. The van der Waals surface area contributed by atoms with E-state index in [1.807, 2.05) is 36.4 Å². The van der Waals surface area contributed by atoms with Crippen LogP contribution in [0, 0.1) is 11.3 Å². The van der Waals surface area contributed by atoms with Gasteiger partial charge in [-0.15, -0.1) is 0 Å². The Hall–Kier alpha value is -4.64. The van der Waals surface area contributed by atoms with Crippen molar-refractivity contribution in [1.29, 1.82) is 5.26 Å². The number of hydrogen-bond acceptors (Lipinski definition) is 10. The van der Waals surface area contributed by atoms with Crippen LogP contribution in [0.1, 0.15) is 32.8 Å². The summed E-state index contributed by atoms with van der Waals surface area (Å²) < 4.78 is 29.4. The van der Waals surface area contributed by atoms with E-state index < -0.39 is 29.4 Å². The molecular weight excluding hydrogens is 618 g/mol. The Labute approximate surface area is 278 Å². The van der Waals surface area contributed by atoms with Gasteiger partial charge in [-0.1, -0.05) is 30.3 Å². The fourth-order valence-corrected chi connectivity index (χ4v) is 6.02. The van der Waals surface area contributed by atoms with Gasteiger partial charge in [0.2, 0.25) is 5.76 Å². The van der Waals surface area contributed by atoms with Crippen molar-refractivity contribution in [3.8, 4) is 17.2 Å². The van der Waals surface area contributed by atoms with Crippen LogP contribution in [0.3, 0.4) is 0 Å². The van der Waals surface area contributed by atoms with E-state index in [2.05, 4.69) is 16.3 Å². The summed E-state index contributed by atoms with van der Waals surface area (Å²) in [7, 11) is 0. The fourth-order valence-electron chi connectivity index (χ4n) is 6.02. The highest BCUT2D eigenvalue weighted by Crippen LogP contribution is 2.26. The summed E-state index contributed by atoms with van der Waals surface area (Å²) in [6.07, 6.45) is 1.54. The first-order valence-corrected chi connectivity index (χ1v) is 16.3. The van der Waals surface area contributed by atoms with Crippen molar-refractivity contribution in [3.63, 3.8) is 0 Å². The van der Waals surface area contributed by atoms with E-state index in [4.69, 9.17) is 23.4 Å². The molecule has 1 N–H and O–H groups in total. The molecule has 2 amide bonds. The largest absolute Gasteiger partial charge is 0.487 e. The normalized spacial score (nSPS) is 19.8. The third kappa shape index (κ3) is 7.73. The van der Waals surface area contributed by atoms with Crippen LogP contribution in [0.4, 0.5) is 4.79 Å². The zero-order valence-corrected chi connectivity index (χ0v) is 27.5. The van der Waals surface area contributed by atoms with Crippen molar-refractivity contribution < 1.29 is 33.0 Å². The van der Waals surface area contributed by atoms with Crippen molar-refractivity contribution in [2.24, 2.45) is 0 Å². The van der Waals surface area contributed by atoms with Gasteiger partial charge in [-0.2, -0.15) is 5.26 Å². The number of aromatic nitrogens is 1. The van der Waals surface area contributed by atoms with Gasteiger partial charge in [0.1, 0.15) is 11.6 Å². The highest BCUT2D eigenvalue weighted by molar-refractivity contribution is 5.92. The predicted molar refractivity (Wildman–Crippen MR) is 175 cm³/mol. The van der Waals surface area contributed by atoms with E-state index in [9.17, 15) is 19.6 Å². The van der Waals surface area contributed by atoms with Crippen molar-refractivity contribution in [1.82, 2.24) is 19.7 Å². The van der Waals surface area contributed by atoms with Crippen molar-refractivity contribution in [2.45, 2.75) is 63.9 Å². The van der Waals surface area contributed by atoms with Gasteiger partial charge in [-0.25, -0.2) is 9.59 Å². The van der Waals surface area contributed by atoms with Gasteiger partial charge in [-0.3, -0.25) is 19.2 Å². The van der Waals surface area contributed by atoms with Crippen molar-refractivity contribution in [2.75, 3.05) is 46.1 Å². The van der Waals surface area contributed by atoms with Crippen molar-refractivity contribution >= 4 is 23.1 Å². The van der Waals surface area contributed by atoms with Gasteiger partial charge in [0.25, 0.3) is 5.91 Å². The third-order valence-corrected chi connectivity index (χ3v) is 8.54. The first kappa shape index (κ1) is 33.3. The van der Waals surface area contributed by atoms with Gasteiger partial charge in [-0.05, 0) is 56.0 Å². The van der Waals surface area contributed by atoms with E-state index in [1.54, 1.807) is 31.4 Å². The number of carbonyl (C=O) groups is 2. The molecular formula is C35H41N5O8. The molecule has 2 atom stereocenters. The number of nitrogens with one attached hydrogen (secondary N) is 1. The number of nitrogens with zero attached hydrogens (tertiary/aromatic N) is 4. The summed E-state index contributed by atoms with van der Waals surface area (Å²) in [6, 6.07) is 15.1. The number of nitriles is 1. The van der Waals surface area contributed by atoms with Gasteiger partial charge < -0.3 is 28.7 Å². The van der Waals surface area contributed by atoms with E-state index >= 15 is 0 Å². The Morgan fingerprint density at radius 2 is 1.81 bits per heavy atom. The summed E-state index contributed by atoms with van der Waals surface area (Å²) in [4.78, 5) is 42.2. The van der Waals surface area contributed by atoms with Gasteiger partial charge >= 0.3 is 11.8 Å². The lowest BCUT2D eigenvalue weighted by Crippen LogP contribution is -2.59. The van der Waals surface area contributed by atoms with E-state index in [0.717, 1.165) is 23.2 Å². The van der Waals surface area contributed by atoms with E-state index in [0.29, 0.717) is 63.1 Å². The molecule has 6 rings (SSSR count). The molecule has 0 radical (unpaired) electrons. The lowest BCUT2D eigenvalue weighted by molar-refractivity contribution is -0.121. The molecule has 48 heavy (non-hydrogen) atoms. The van der Waals surface area contributed by atoms with E-state index in [1.165, 1.54) is 11.1 Å². The third-order valence-electron chi connectivity index (χ3n) is 8.54. The molecule has 13 heteroatoms. The first-order chi connectivity index (χ1) is 23.1. The molecule has 2 aromatic carbocycles. The maximum Gasteiger partial charge on any atom is 0.420 e. The SMILES string of the molecule is CC(C)(C)OC(=O)N1C=C(C(=O)N[C@H](C#N)Cc2ccc(-c3ccc4oc(=O)n(C[C@@H]5COCCN5C5COC5)c4c3)cc2)OCCC1. The standard InChI is InChI=1S/C35H41N5O8/c1-35(2,3)48-33(42)38-11-4-13-46-31(19-38)32(41)37-26(17-36)15-23-5-7-24(8-6-23)25-9-10-30-29(16-25)40(34(43)47-30)18-27-20-44-14-12-39(27)28-21-45-22-28/h5-10,16,19,26-28H,4,11-15,18,20-22H2,1-3H3,(H,37,41)/t26-,27+/m0/s1. The molecule has 3 aromatic rings. The number of morpholine rings is 1. The average Bonchev–Trinajstić information content (AvgIpc) is 3.17.